The molecule has 2 aromatic carbocycles. The minimum atomic E-state index is -0.152. The Morgan fingerprint density at radius 3 is 2.30 bits per heavy atom. The van der Waals surface area contributed by atoms with E-state index < -0.39 is 0 Å². The molecule has 3 nitrogen and oxygen atoms in total. The van der Waals surface area contributed by atoms with Crippen LogP contribution in [0.15, 0.2) is 42.5 Å². The van der Waals surface area contributed by atoms with Crippen molar-refractivity contribution in [2.75, 3.05) is 0 Å². The van der Waals surface area contributed by atoms with Crippen molar-refractivity contribution in [2.45, 2.75) is 32.4 Å². The average molecular weight is 352 g/mol. The van der Waals surface area contributed by atoms with Crippen molar-refractivity contribution >= 4 is 29.0 Å². The first kappa shape index (κ1) is 17.8. The fraction of sp³-hybridized carbons (Fsp3) is 0.278. The average Bonchev–Trinajstić information content (AvgIpc) is 2.47. The van der Waals surface area contributed by atoms with Crippen LogP contribution in [0.4, 0.5) is 0 Å². The van der Waals surface area contributed by atoms with Crippen molar-refractivity contribution in [2.24, 2.45) is 5.73 Å². The molecule has 1 unspecified atom stereocenters. The van der Waals surface area contributed by atoms with Gasteiger partial charge in [0.1, 0.15) is 18.1 Å². The van der Waals surface area contributed by atoms with E-state index in [4.69, 9.17) is 33.7 Å². The van der Waals surface area contributed by atoms with E-state index in [9.17, 15) is 4.79 Å². The molecule has 0 aromatic heterocycles. The Hall–Kier alpha value is -1.55. The first-order valence-corrected chi connectivity index (χ1v) is 8.11. The molecular weight excluding hydrogens is 333 g/mol. The Balaban J connectivity index is 1.94. The summed E-state index contributed by atoms with van der Waals surface area (Å²) in [5.74, 6) is 0.832. The van der Waals surface area contributed by atoms with Crippen LogP contribution in [0.3, 0.4) is 0 Å². The fourth-order valence-electron chi connectivity index (χ4n) is 2.29. The molecule has 0 bridgehead atoms. The van der Waals surface area contributed by atoms with Crippen molar-refractivity contribution in [1.29, 1.82) is 0 Å². The van der Waals surface area contributed by atoms with Crippen LogP contribution in [0.25, 0.3) is 0 Å². The lowest BCUT2D eigenvalue weighted by molar-refractivity contribution is -0.117. The number of benzene rings is 2. The maximum absolute atomic E-state index is 11.1. The summed E-state index contributed by atoms with van der Waals surface area (Å²) in [7, 11) is 0. The van der Waals surface area contributed by atoms with E-state index in [2.05, 4.69) is 0 Å². The van der Waals surface area contributed by atoms with Gasteiger partial charge in [0.15, 0.2) is 0 Å². The second-order valence-electron chi connectivity index (χ2n) is 5.50. The van der Waals surface area contributed by atoms with Crippen molar-refractivity contribution in [3.05, 3.63) is 63.6 Å². The molecule has 0 aliphatic rings. The van der Waals surface area contributed by atoms with Gasteiger partial charge >= 0.3 is 0 Å². The Bertz CT molecular complexity index is 651. The molecule has 0 heterocycles. The third kappa shape index (κ3) is 5.54. The number of rotatable bonds is 7. The predicted molar refractivity (Wildman–Crippen MR) is 94.2 cm³/mol. The van der Waals surface area contributed by atoms with E-state index in [0.717, 1.165) is 16.9 Å². The summed E-state index contributed by atoms with van der Waals surface area (Å²) < 4.78 is 5.72. The SMILES string of the molecule is CC(=O)CC(N)Cc1ccc(OCc2c(Cl)cccc2Cl)cc1. The van der Waals surface area contributed by atoms with Gasteiger partial charge in [-0.15, -0.1) is 0 Å². The molecule has 1 atom stereocenters. The van der Waals surface area contributed by atoms with E-state index in [1.54, 1.807) is 25.1 Å². The summed E-state index contributed by atoms with van der Waals surface area (Å²) >= 11 is 12.2. The summed E-state index contributed by atoms with van der Waals surface area (Å²) in [6, 6.07) is 12.9. The monoisotopic (exact) mass is 351 g/mol. The van der Waals surface area contributed by atoms with Gasteiger partial charge in [-0.2, -0.15) is 0 Å². The van der Waals surface area contributed by atoms with Gasteiger partial charge in [0.05, 0.1) is 0 Å². The van der Waals surface area contributed by atoms with Crippen LogP contribution < -0.4 is 10.5 Å². The molecule has 0 aliphatic heterocycles. The molecular formula is C18H19Cl2NO2. The minimum absolute atomic E-state index is 0.106. The van der Waals surface area contributed by atoms with Gasteiger partial charge in [-0.25, -0.2) is 0 Å². The first-order valence-electron chi connectivity index (χ1n) is 7.35. The lowest BCUT2D eigenvalue weighted by atomic mass is 10.0. The Kier molecular flexibility index (Phi) is 6.46. The van der Waals surface area contributed by atoms with Crippen molar-refractivity contribution in [3.63, 3.8) is 0 Å². The third-order valence-electron chi connectivity index (χ3n) is 3.42. The lowest BCUT2D eigenvalue weighted by Gasteiger charge is -2.12. The van der Waals surface area contributed by atoms with Crippen molar-refractivity contribution in [1.82, 2.24) is 0 Å². The lowest BCUT2D eigenvalue weighted by Crippen LogP contribution is -2.25. The molecule has 0 radical (unpaired) electrons. The summed E-state index contributed by atoms with van der Waals surface area (Å²) in [5, 5.41) is 1.17. The minimum Gasteiger partial charge on any atom is -0.489 e. The van der Waals surface area contributed by atoms with Gasteiger partial charge in [-0.1, -0.05) is 41.4 Å². The van der Waals surface area contributed by atoms with Crippen LogP contribution in [0.2, 0.25) is 10.0 Å². The second kappa shape index (κ2) is 8.34. The van der Waals surface area contributed by atoms with Crippen LogP contribution in [-0.2, 0) is 17.8 Å². The normalized spacial score (nSPS) is 12.0. The molecule has 0 fully saturated rings. The molecule has 0 spiro atoms. The number of nitrogens with two attached hydrogens (primary N) is 1. The summed E-state index contributed by atoms with van der Waals surface area (Å²) in [5.41, 5.74) is 7.77. The molecule has 2 rings (SSSR count). The van der Waals surface area contributed by atoms with Gasteiger partial charge in [-0.3, -0.25) is 4.79 Å². The van der Waals surface area contributed by atoms with E-state index >= 15 is 0 Å². The van der Waals surface area contributed by atoms with Crippen LogP contribution in [0.1, 0.15) is 24.5 Å². The molecule has 23 heavy (non-hydrogen) atoms. The van der Waals surface area contributed by atoms with Crippen LogP contribution >= 0.6 is 23.2 Å². The Morgan fingerprint density at radius 1 is 1.13 bits per heavy atom. The van der Waals surface area contributed by atoms with Gasteiger partial charge in [0.25, 0.3) is 0 Å². The third-order valence-corrected chi connectivity index (χ3v) is 4.12. The molecule has 0 saturated heterocycles. The van der Waals surface area contributed by atoms with Gasteiger partial charge in [0.2, 0.25) is 0 Å². The van der Waals surface area contributed by atoms with E-state index in [0.29, 0.717) is 29.5 Å². The summed E-state index contributed by atoms with van der Waals surface area (Å²) in [6.07, 6.45) is 1.06. The van der Waals surface area contributed by atoms with Gasteiger partial charge < -0.3 is 10.5 Å². The number of halogens is 2. The zero-order chi connectivity index (χ0) is 16.8. The van der Waals surface area contributed by atoms with Crippen LogP contribution in [0.5, 0.6) is 5.75 Å². The molecule has 5 heteroatoms. The molecule has 2 N–H and O–H groups in total. The highest BCUT2D eigenvalue weighted by Gasteiger charge is 2.08. The largest absolute Gasteiger partial charge is 0.489 e. The predicted octanol–water partition coefficient (Wildman–Crippen LogP) is 4.42. The maximum Gasteiger partial charge on any atom is 0.131 e. The molecule has 0 aliphatic carbocycles. The number of Topliss-reactive ketones (excluding diaryl/α,β-unsaturated/α-hetero) is 1. The quantitative estimate of drug-likeness (QED) is 0.802. The Labute approximate surface area is 146 Å². The summed E-state index contributed by atoms with van der Waals surface area (Å²) in [6.45, 7) is 1.86. The number of carbonyl (C=O) groups excluding carboxylic acids is 1. The topological polar surface area (TPSA) is 52.3 Å². The van der Waals surface area contributed by atoms with E-state index in [1.807, 2.05) is 24.3 Å². The Morgan fingerprint density at radius 2 is 1.74 bits per heavy atom. The first-order chi connectivity index (χ1) is 11.0. The zero-order valence-corrected chi connectivity index (χ0v) is 14.4. The highest BCUT2D eigenvalue weighted by atomic mass is 35.5. The number of ketones is 1. The zero-order valence-electron chi connectivity index (χ0n) is 12.9. The van der Waals surface area contributed by atoms with E-state index in [1.165, 1.54) is 0 Å². The number of carbonyl (C=O) groups is 1. The molecule has 0 saturated carbocycles. The highest BCUT2D eigenvalue weighted by molar-refractivity contribution is 6.35. The standard InChI is InChI=1S/C18H19Cl2NO2/c1-12(22)9-14(21)10-13-5-7-15(8-6-13)23-11-16-17(19)3-2-4-18(16)20/h2-8,14H,9-11,21H2,1H3. The van der Waals surface area contributed by atoms with Crippen LogP contribution in [0, 0.1) is 0 Å². The van der Waals surface area contributed by atoms with Crippen molar-refractivity contribution in [3.8, 4) is 5.75 Å². The second-order valence-corrected chi connectivity index (χ2v) is 6.32. The number of hydrogen-bond acceptors (Lipinski definition) is 3. The van der Waals surface area contributed by atoms with Crippen LogP contribution in [-0.4, -0.2) is 11.8 Å². The number of ether oxygens (including phenoxy) is 1. The maximum atomic E-state index is 11.1. The molecule has 2 aromatic rings. The highest BCUT2D eigenvalue weighted by Crippen LogP contribution is 2.26. The van der Waals surface area contributed by atoms with Gasteiger partial charge in [-0.05, 0) is 43.2 Å². The summed E-state index contributed by atoms with van der Waals surface area (Å²) in [4.78, 5) is 11.1. The smallest absolute Gasteiger partial charge is 0.131 e. The van der Waals surface area contributed by atoms with E-state index in [-0.39, 0.29) is 11.8 Å². The van der Waals surface area contributed by atoms with Gasteiger partial charge in [0, 0.05) is 28.1 Å². The van der Waals surface area contributed by atoms with Crippen molar-refractivity contribution < 1.29 is 9.53 Å². The fourth-order valence-corrected chi connectivity index (χ4v) is 2.80. The molecule has 122 valence electrons. The number of hydrogen-bond donors (Lipinski definition) is 1. The molecule has 0 amide bonds.